The second kappa shape index (κ2) is 2.91. The molecule has 0 amide bonds. The maximum absolute atomic E-state index is 11.1. The quantitative estimate of drug-likeness (QED) is 0.384. The Bertz CT molecular complexity index is 373. The molecule has 4 rings (SSSR count). The fourth-order valence-corrected chi connectivity index (χ4v) is 5.30. The fourth-order valence-electron chi connectivity index (χ4n) is 5.30. The van der Waals surface area contributed by atoms with Crippen molar-refractivity contribution in [3.05, 3.63) is 12.2 Å². The van der Waals surface area contributed by atoms with Crippen LogP contribution in [0.2, 0.25) is 0 Å². The topological polar surface area (TPSA) is 26.3 Å². The normalized spacial score (nSPS) is 55.7. The van der Waals surface area contributed by atoms with Gasteiger partial charge >= 0.3 is 5.97 Å². The summed E-state index contributed by atoms with van der Waals surface area (Å²) in [6.45, 7) is 1.55. The van der Waals surface area contributed by atoms with Crippen LogP contribution >= 0.6 is 0 Å². The van der Waals surface area contributed by atoms with E-state index in [-0.39, 0.29) is 12.1 Å². The molecule has 0 unspecified atom stereocenters. The minimum absolute atomic E-state index is 0.0900. The molecule has 0 aromatic carbocycles. The first-order chi connectivity index (χ1) is 7.74. The smallest absolute Gasteiger partial charge is 0.302 e. The van der Waals surface area contributed by atoms with Crippen LogP contribution < -0.4 is 0 Å². The third kappa shape index (κ3) is 1.01. The average molecular weight is 218 g/mol. The molecular weight excluding hydrogens is 200 g/mol. The summed E-state index contributed by atoms with van der Waals surface area (Å²) in [6, 6.07) is 0. The summed E-state index contributed by atoms with van der Waals surface area (Å²) < 4.78 is 5.50. The average Bonchev–Trinajstić information content (AvgIpc) is 2.93. The molecule has 16 heavy (non-hydrogen) atoms. The second-order valence-electron chi connectivity index (χ2n) is 6.15. The number of ether oxygens (including phenoxy) is 1. The van der Waals surface area contributed by atoms with Crippen LogP contribution in [0.1, 0.15) is 26.2 Å². The fraction of sp³-hybridized carbons (Fsp3) is 0.786. The van der Waals surface area contributed by atoms with Gasteiger partial charge in [-0.05, 0) is 54.8 Å². The highest BCUT2D eigenvalue weighted by atomic mass is 16.5. The number of rotatable bonds is 1. The SMILES string of the molecule is CC(=O)O[C@@H]1C[C@H]2C[C@H]1[C@@H]1[C@H]2[C@H]2C=C[C@H]1C2. The van der Waals surface area contributed by atoms with Gasteiger partial charge in [0.2, 0.25) is 0 Å². The molecule has 0 aromatic rings. The van der Waals surface area contributed by atoms with E-state index in [0.29, 0.717) is 5.92 Å². The third-order valence-corrected chi connectivity index (χ3v) is 5.53. The van der Waals surface area contributed by atoms with Crippen LogP contribution in [0.5, 0.6) is 0 Å². The van der Waals surface area contributed by atoms with Gasteiger partial charge in [-0.2, -0.15) is 0 Å². The van der Waals surface area contributed by atoms with Gasteiger partial charge in [-0.1, -0.05) is 12.2 Å². The van der Waals surface area contributed by atoms with E-state index in [9.17, 15) is 4.79 Å². The van der Waals surface area contributed by atoms with Gasteiger partial charge < -0.3 is 4.74 Å². The lowest BCUT2D eigenvalue weighted by Crippen LogP contribution is -2.35. The molecule has 0 radical (unpaired) electrons. The number of fused-ring (bicyclic) bond motifs is 9. The highest BCUT2D eigenvalue weighted by Crippen LogP contribution is 2.65. The number of carbonyl (C=O) groups excluding carboxylic acids is 1. The van der Waals surface area contributed by atoms with Crippen molar-refractivity contribution in [1.29, 1.82) is 0 Å². The van der Waals surface area contributed by atoms with E-state index in [1.165, 1.54) is 12.8 Å². The Morgan fingerprint density at radius 1 is 1.12 bits per heavy atom. The molecule has 3 saturated carbocycles. The number of hydrogen-bond acceptors (Lipinski definition) is 2. The predicted molar refractivity (Wildman–Crippen MR) is 59.5 cm³/mol. The van der Waals surface area contributed by atoms with Gasteiger partial charge in [-0.3, -0.25) is 4.79 Å². The molecule has 0 N–H and O–H groups in total. The van der Waals surface area contributed by atoms with E-state index in [0.717, 1.165) is 36.0 Å². The van der Waals surface area contributed by atoms with Gasteiger partial charge in [0.1, 0.15) is 6.10 Å². The van der Waals surface area contributed by atoms with Crippen LogP contribution in [0, 0.1) is 35.5 Å². The van der Waals surface area contributed by atoms with Gasteiger partial charge in [-0.25, -0.2) is 0 Å². The minimum atomic E-state index is -0.0900. The highest BCUT2D eigenvalue weighted by Gasteiger charge is 2.61. The van der Waals surface area contributed by atoms with Crippen molar-refractivity contribution in [2.75, 3.05) is 0 Å². The molecule has 86 valence electrons. The first-order valence-corrected chi connectivity index (χ1v) is 6.59. The molecule has 0 heterocycles. The van der Waals surface area contributed by atoms with Crippen LogP contribution in [0.4, 0.5) is 0 Å². The first-order valence-electron chi connectivity index (χ1n) is 6.59. The predicted octanol–water partition coefficient (Wildman–Crippen LogP) is 2.40. The Morgan fingerprint density at radius 3 is 2.62 bits per heavy atom. The maximum Gasteiger partial charge on any atom is 0.302 e. The maximum atomic E-state index is 11.1. The van der Waals surface area contributed by atoms with Crippen LogP contribution in [0.15, 0.2) is 12.2 Å². The lowest BCUT2D eigenvalue weighted by atomic mass is 9.72. The Hall–Kier alpha value is -0.790. The van der Waals surface area contributed by atoms with Crippen LogP contribution in [-0.2, 0) is 9.53 Å². The van der Waals surface area contributed by atoms with Crippen LogP contribution in [-0.4, -0.2) is 12.1 Å². The van der Waals surface area contributed by atoms with E-state index < -0.39 is 0 Å². The van der Waals surface area contributed by atoms with Crippen LogP contribution in [0.25, 0.3) is 0 Å². The minimum Gasteiger partial charge on any atom is -0.462 e. The summed E-state index contributed by atoms with van der Waals surface area (Å²) in [4.78, 5) is 11.1. The summed E-state index contributed by atoms with van der Waals surface area (Å²) in [6.07, 6.45) is 8.97. The van der Waals surface area contributed by atoms with E-state index in [4.69, 9.17) is 4.74 Å². The number of allylic oxidation sites excluding steroid dienone is 2. The zero-order chi connectivity index (χ0) is 10.9. The van der Waals surface area contributed by atoms with Crippen molar-refractivity contribution in [3.8, 4) is 0 Å². The van der Waals surface area contributed by atoms with Crippen molar-refractivity contribution in [1.82, 2.24) is 0 Å². The van der Waals surface area contributed by atoms with Crippen molar-refractivity contribution in [2.45, 2.75) is 32.3 Å². The van der Waals surface area contributed by atoms with E-state index >= 15 is 0 Å². The first kappa shape index (κ1) is 9.26. The largest absolute Gasteiger partial charge is 0.462 e. The molecule has 4 aliphatic rings. The van der Waals surface area contributed by atoms with Gasteiger partial charge in [-0.15, -0.1) is 0 Å². The molecule has 4 bridgehead atoms. The van der Waals surface area contributed by atoms with E-state index in [2.05, 4.69) is 12.2 Å². The lowest BCUT2D eigenvalue weighted by Gasteiger charge is -2.36. The zero-order valence-electron chi connectivity index (χ0n) is 9.63. The lowest BCUT2D eigenvalue weighted by molar-refractivity contribution is -0.150. The molecule has 0 spiro atoms. The Balaban J connectivity index is 1.61. The van der Waals surface area contributed by atoms with Crippen molar-refractivity contribution in [3.63, 3.8) is 0 Å². The summed E-state index contributed by atoms with van der Waals surface area (Å²) in [7, 11) is 0. The molecule has 0 aromatic heterocycles. The summed E-state index contributed by atoms with van der Waals surface area (Å²) in [5.41, 5.74) is 0. The number of hydrogen-bond donors (Lipinski definition) is 0. The summed E-state index contributed by atoms with van der Waals surface area (Å²) in [5, 5.41) is 0. The van der Waals surface area contributed by atoms with Gasteiger partial charge in [0, 0.05) is 6.92 Å². The van der Waals surface area contributed by atoms with Crippen molar-refractivity contribution < 1.29 is 9.53 Å². The standard InChI is InChI=1S/C14H18O2/c1-7(15)16-12-6-10-5-11(12)14-9-3-2-8(4-9)13(10)14/h2-3,8-14H,4-6H2,1H3/t8-,9-,10+,11+,12+,13-,14+/m0/s1. The van der Waals surface area contributed by atoms with Crippen LogP contribution in [0.3, 0.4) is 0 Å². The Morgan fingerprint density at radius 2 is 1.88 bits per heavy atom. The molecule has 7 atom stereocenters. The monoisotopic (exact) mass is 218 g/mol. The summed E-state index contributed by atoms with van der Waals surface area (Å²) in [5.74, 6) is 4.89. The molecule has 2 heteroatoms. The van der Waals surface area contributed by atoms with Gasteiger partial charge in [0.15, 0.2) is 0 Å². The zero-order valence-corrected chi connectivity index (χ0v) is 9.63. The molecular formula is C14H18O2. The van der Waals surface area contributed by atoms with E-state index in [1.807, 2.05) is 0 Å². The Labute approximate surface area is 96.0 Å². The molecule has 0 saturated heterocycles. The molecule has 2 nitrogen and oxygen atoms in total. The van der Waals surface area contributed by atoms with Gasteiger partial charge in [0.05, 0.1) is 0 Å². The molecule has 0 aliphatic heterocycles. The number of esters is 1. The molecule has 4 aliphatic carbocycles. The highest BCUT2D eigenvalue weighted by molar-refractivity contribution is 5.66. The summed E-state index contributed by atoms with van der Waals surface area (Å²) >= 11 is 0. The third-order valence-electron chi connectivity index (χ3n) is 5.53. The number of carbonyl (C=O) groups is 1. The van der Waals surface area contributed by atoms with Gasteiger partial charge in [0.25, 0.3) is 0 Å². The van der Waals surface area contributed by atoms with Crippen molar-refractivity contribution in [2.24, 2.45) is 35.5 Å². The van der Waals surface area contributed by atoms with Crippen molar-refractivity contribution >= 4 is 5.97 Å². The Kier molecular flexibility index (Phi) is 1.68. The second-order valence-corrected chi connectivity index (χ2v) is 6.15. The van der Waals surface area contributed by atoms with E-state index in [1.54, 1.807) is 6.92 Å². The molecule has 3 fully saturated rings.